The monoisotopic (exact) mass is 378 g/mol. The maximum atomic E-state index is 12.0. The second-order valence-electron chi connectivity index (χ2n) is 5.90. The van der Waals surface area contributed by atoms with Crippen LogP contribution in [0.4, 0.5) is 5.69 Å². The lowest BCUT2D eigenvalue weighted by atomic mass is 10.2. The van der Waals surface area contributed by atoms with Gasteiger partial charge >= 0.3 is 0 Å². The first-order chi connectivity index (χ1) is 12.1. The standard InChI is InChI=1S/C18H20Cl2N4O/c19-15-5-4-14(13-16(15)20)24-11-9-23(10-12-24)8-7-22-18(25)17-3-1-2-6-21-17/h1-6,13H,7-12H2,(H,22,25). The molecule has 1 fully saturated rings. The fourth-order valence-electron chi connectivity index (χ4n) is 2.83. The van der Waals surface area contributed by atoms with Crippen LogP contribution in [0, 0.1) is 0 Å². The Balaban J connectivity index is 1.42. The van der Waals surface area contributed by atoms with Crippen LogP contribution in [0.2, 0.25) is 10.0 Å². The van der Waals surface area contributed by atoms with Crippen molar-refractivity contribution >= 4 is 34.8 Å². The lowest BCUT2D eigenvalue weighted by Gasteiger charge is -2.36. The molecule has 1 aromatic carbocycles. The van der Waals surface area contributed by atoms with Gasteiger partial charge in [0.15, 0.2) is 0 Å². The van der Waals surface area contributed by atoms with Crippen LogP contribution in [0.25, 0.3) is 0 Å². The molecule has 5 nitrogen and oxygen atoms in total. The minimum absolute atomic E-state index is 0.130. The highest BCUT2D eigenvalue weighted by Gasteiger charge is 2.17. The Bertz CT molecular complexity index is 718. The molecule has 2 aromatic rings. The number of amides is 1. The van der Waals surface area contributed by atoms with Crippen LogP contribution in [0.15, 0.2) is 42.6 Å². The van der Waals surface area contributed by atoms with E-state index in [0.717, 1.165) is 38.4 Å². The van der Waals surface area contributed by atoms with Crippen LogP contribution in [-0.4, -0.2) is 55.1 Å². The molecular weight excluding hydrogens is 359 g/mol. The second kappa shape index (κ2) is 8.52. The highest BCUT2D eigenvalue weighted by Crippen LogP contribution is 2.27. The Hall–Kier alpha value is -1.82. The summed E-state index contributed by atoms with van der Waals surface area (Å²) in [5.74, 6) is -0.130. The SMILES string of the molecule is O=C(NCCN1CCN(c2ccc(Cl)c(Cl)c2)CC1)c1ccccn1. The van der Waals surface area contributed by atoms with Crippen LogP contribution >= 0.6 is 23.2 Å². The number of benzene rings is 1. The van der Waals surface area contributed by atoms with Crippen molar-refractivity contribution < 1.29 is 4.79 Å². The Morgan fingerprint density at radius 1 is 1.08 bits per heavy atom. The molecule has 0 aliphatic carbocycles. The number of rotatable bonds is 5. The van der Waals surface area contributed by atoms with Crippen molar-refractivity contribution in [3.8, 4) is 0 Å². The Kier molecular flexibility index (Phi) is 6.13. The third kappa shape index (κ3) is 4.84. The lowest BCUT2D eigenvalue weighted by Crippen LogP contribution is -2.48. The second-order valence-corrected chi connectivity index (χ2v) is 6.71. The van der Waals surface area contributed by atoms with Crippen LogP contribution in [0.1, 0.15) is 10.5 Å². The minimum Gasteiger partial charge on any atom is -0.369 e. The molecule has 3 rings (SSSR count). The summed E-state index contributed by atoms with van der Waals surface area (Å²) in [5.41, 5.74) is 1.55. The van der Waals surface area contributed by atoms with Gasteiger partial charge < -0.3 is 10.2 Å². The fourth-order valence-corrected chi connectivity index (χ4v) is 3.12. The van der Waals surface area contributed by atoms with E-state index in [4.69, 9.17) is 23.2 Å². The van der Waals surface area contributed by atoms with Gasteiger partial charge in [-0.2, -0.15) is 0 Å². The van der Waals surface area contributed by atoms with Crippen molar-refractivity contribution in [2.75, 3.05) is 44.2 Å². The summed E-state index contributed by atoms with van der Waals surface area (Å²) in [7, 11) is 0. The first-order valence-corrected chi connectivity index (χ1v) is 9.00. The normalized spacial score (nSPS) is 15.2. The molecule has 1 aliphatic heterocycles. The van der Waals surface area contributed by atoms with Crippen LogP contribution in [0.3, 0.4) is 0 Å². The quantitative estimate of drug-likeness (QED) is 0.868. The van der Waals surface area contributed by atoms with Gasteiger partial charge in [0.1, 0.15) is 5.69 Å². The summed E-state index contributed by atoms with van der Waals surface area (Å²) in [6.45, 7) is 5.17. The molecule has 0 radical (unpaired) electrons. The fraction of sp³-hybridized carbons (Fsp3) is 0.333. The molecule has 0 atom stereocenters. The highest BCUT2D eigenvalue weighted by atomic mass is 35.5. The third-order valence-corrected chi connectivity index (χ3v) is 4.99. The smallest absolute Gasteiger partial charge is 0.269 e. The van der Waals surface area contributed by atoms with Crippen LogP contribution in [-0.2, 0) is 0 Å². The number of carbonyl (C=O) groups is 1. The van der Waals surface area contributed by atoms with Crippen molar-refractivity contribution in [1.29, 1.82) is 0 Å². The topological polar surface area (TPSA) is 48.5 Å². The largest absolute Gasteiger partial charge is 0.369 e. The number of hydrogen-bond acceptors (Lipinski definition) is 4. The van der Waals surface area contributed by atoms with E-state index in [2.05, 4.69) is 20.1 Å². The molecule has 1 saturated heterocycles. The van der Waals surface area contributed by atoms with E-state index in [1.807, 2.05) is 24.3 Å². The van der Waals surface area contributed by atoms with Gasteiger partial charge in [-0.3, -0.25) is 14.7 Å². The molecule has 7 heteroatoms. The highest BCUT2D eigenvalue weighted by molar-refractivity contribution is 6.42. The average Bonchev–Trinajstić information content (AvgIpc) is 2.65. The molecule has 0 spiro atoms. The van der Waals surface area contributed by atoms with E-state index in [9.17, 15) is 4.79 Å². The molecule has 1 aromatic heterocycles. The zero-order valence-corrected chi connectivity index (χ0v) is 15.3. The van der Waals surface area contributed by atoms with E-state index in [1.54, 1.807) is 18.3 Å². The number of hydrogen-bond donors (Lipinski definition) is 1. The summed E-state index contributed by atoms with van der Waals surface area (Å²) >= 11 is 12.1. The summed E-state index contributed by atoms with van der Waals surface area (Å²) in [4.78, 5) is 20.6. The number of aromatic nitrogens is 1. The van der Waals surface area contributed by atoms with Crippen molar-refractivity contribution in [3.63, 3.8) is 0 Å². The summed E-state index contributed by atoms with van der Waals surface area (Å²) < 4.78 is 0. The van der Waals surface area contributed by atoms with Gasteiger partial charge in [-0.15, -0.1) is 0 Å². The molecule has 0 bridgehead atoms. The van der Waals surface area contributed by atoms with Crippen molar-refractivity contribution in [2.45, 2.75) is 0 Å². The van der Waals surface area contributed by atoms with Gasteiger partial charge in [0.25, 0.3) is 5.91 Å². The molecule has 1 amide bonds. The van der Waals surface area contributed by atoms with Gasteiger partial charge in [-0.1, -0.05) is 29.3 Å². The van der Waals surface area contributed by atoms with Crippen LogP contribution < -0.4 is 10.2 Å². The maximum absolute atomic E-state index is 12.0. The molecule has 2 heterocycles. The number of nitrogens with zero attached hydrogens (tertiary/aromatic N) is 3. The predicted molar refractivity (Wildman–Crippen MR) is 102 cm³/mol. The number of halogens is 2. The first kappa shape index (κ1) is 18.0. The number of carbonyl (C=O) groups excluding carboxylic acids is 1. The molecule has 1 aliphatic rings. The number of pyridine rings is 1. The minimum atomic E-state index is -0.130. The van der Waals surface area contributed by atoms with E-state index >= 15 is 0 Å². The predicted octanol–water partition coefficient (Wildman–Crippen LogP) is 2.94. The van der Waals surface area contributed by atoms with Gasteiger partial charge in [0, 0.05) is 51.2 Å². The Morgan fingerprint density at radius 3 is 2.56 bits per heavy atom. The maximum Gasteiger partial charge on any atom is 0.269 e. The summed E-state index contributed by atoms with van der Waals surface area (Å²) in [5, 5.41) is 4.07. The van der Waals surface area contributed by atoms with Crippen molar-refractivity contribution in [3.05, 3.63) is 58.3 Å². The molecule has 132 valence electrons. The van der Waals surface area contributed by atoms with E-state index in [0.29, 0.717) is 22.3 Å². The van der Waals surface area contributed by atoms with Gasteiger partial charge in [0.05, 0.1) is 10.0 Å². The van der Waals surface area contributed by atoms with Crippen LogP contribution in [0.5, 0.6) is 0 Å². The molecule has 1 N–H and O–H groups in total. The zero-order valence-electron chi connectivity index (χ0n) is 13.8. The van der Waals surface area contributed by atoms with E-state index in [-0.39, 0.29) is 5.91 Å². The van der Waals surface area contributed by atoms with E-state index in [1.165, 1.54) is 0 Å². The number of nitrogens with one attached hydrogen (secondary N) is 1. The summed E-state index contributed by atoms with van der Waals surface area (Å²) in [6.07, 6.45) is 1.62. The summed E-state index contributed by atoms with van der Waals surface area (Å²) in [6, 6.07) is 11.1. The van der Waals surface area contributed by atoms with E-state index < -0.39 is 0 Å². The average molecular weight is 379 g/mol. The molecule has 25 heavy (non-hydrogen) atoms. The zero-order chi connectivity index (χ0) is 17.6. The van der Waals surface area contributed by atoms with Gasteiger partial charge in [-0.25, -0.2) is 0 Å². The molecule has 0 saturated carbocycles. The first-order valence-electron chi connectivity index (χ1n) is 8.25. The Labute approximate surface area is 157 Å². The molecule has 0 unspecified atom stereocenters. The molecular formula is C18H20Cl2N4O. The van der Waals surface area contributed by atoms with Crippen molar-refractivity contribution in [2.24, 2.45) is 0 Å². The Morgan fingerprint density at radius 2 is 1.88 bits per heavy atom. The third-order valence-electron chi connectivity index (χ3n) is 4.25. The van der Waals surface area contributed by atoms with Gasteiger partial charge in [-0.05, 0) is 30.3 Å². The number of anilines is 1. The van der Waals surface area contributed by atoms with Gasteiger partial charge in [0.2, 0.25) is 0 Å². The number of piperazine rings is 1. The van der Waals surface area contributed by atoms with Crippen molar-refractivity contribution in [1.82, 2.24) is 15.2 Å². The lowest BCUT2D eigenvalue weighted by molar-refractivity contribution is 0.0943.